The van der Waals surface area contributed by atoms with E-state index >= 15 is 0 Å². The molecule has 2 aromatic heterocycles. The van der Waals surface area contributed by atoms with Crippen LogP contribution in [0.15, 0.2) is 33.0 Å². The molecule has 0 radical (unpaired) electrons. The molecule has 3 rings (SSSR count). The van der Waals surface area contributed by atoms with Gasteiger partial charge in [0.25, 0.3) is 0 Å². The monoisotopic (exact) mass is 375 g/mol. The number of guanidine groups is 1. The number of aliphatic imine (C=N–C) groups is 1. The van der Waals surface area contributed by atoms with E-state index in [1.54, 1.807) is 22.7 Å². The van der Waals surface area contributed by atoms with Gasteiger partial charge in [-0.05, 0) is 33.4 Å². The summed E-state index contributed by atoms with van der Waals surface area (Å²) < 4.78 is 1.72. The second-order valence-electron chi connectivity index (χ2n) is 4.19. The maximum atomic E-state index is 6.12. The molecule has 0 bridgehead atoms. The smallest absolute Gasteiger partial charge is 0.192 e. The van der Waals surface area contributed by atoms with Crippen molar-refractivity contribution >= 4 is 56.2 Å². The van der Waals surface area contributed by atoms with Gasteiger partial charge < -0.3 is 10.6 Å². The van der Waals surface area contributed by atoms with Gasteiger partial charge in [0.2, 0.25) is 0 Å². The van der Waals surface area contributed by atoms with Crippen molar-refractivity contribution in [3.63, 3.8) is 0 Å². The first-order chi connectivity index (χ1) is 9.15. The summed E-state index contributed by atoms with van der Waals surface area (Å²) in [4.78, 5) is 8.98. The quantitative estimate of drug-likeness (QED) is 0.876. The van der Waals surface area contributed by atoms with E-state index in [4.69, 9.17) is 17.3 Å². The molecule has 0 fully saturated rings. The van der Waals surface area contributed by atoms with Crippen molar-refractivity contribution in [1.82, 2.24) is 4.90 Å². The average molecular weight is 377 g/mol. The molecule has 3 heterocycles. The molecule has 1 atom stereocenters. The number of nitrogens with two attached hydrogens (primary N) is 1. The van der Waals surface area contributed by atoms with Crippen LogP contribution in [-0.2, 0) is 6.54 Å². The Morgan fingerprint density at radius 3 is 3.05 bits per heavy atom. The molecule has 1 aliphatic rings. The van der Waals surface area contributed by atoms with Crippen LogP contribution in [0, 0.1) is 0 Å². The Morgan fingerprint density at radius 2 is 2.42 bits per heavy atom. The van der Waals surface area contributed by atoms with E-state index in [2.05, 4.69) is 49.4 Å². The number of hydrogen-bond donors (Lipinski definition) is 1. The highest BCUT2D eigenvalue weighted by atomic mass is 79.9. The van der Waals surface area contributed by atoms with E-state index in [-0.39, 0.29) is 6.04 Å². The van der Waals surface area contributed by atoms with E-state index < -0.39 is 0 Å². The summed E-state index contributed by atoms with van der Waals surface area (Å²) in [6.45, 7) is 1.49. The highest BCUT2D eigenvalue weighted by Crippen LogP contribution is 2.39. The van der Waals surface area contributed by atoms with Gasteiger partial charge in [-0.15, -0.1) is 22.7 Å². The maximum absolute atomic E-state index is 6.12. The zero-order valence-corrected chi connectivity index (χ0v) is 13.8. The molecule has 0 amide bonds. The number of nitrogens with zero attached hydrogens (tertiary/aromatic N) is 2. The van der Waals surface area contributed by atoms with Gasteiger partial charge in [0.15, 0.2) is 5.96 Å². The van der Waals surface area contributed by atoms with E-state index in [1.165, 1.54) is 9.75 Å². The second kappa shape index (κ2) is 5.44. The summed E-state index contributed by atoms with van der Waals surface area (Å²) in [5, 5.41) is 2.08. The fourth-order valence-corrected chi connectivity index (χ4v) is 4.61. The summed E-state index contributed by atoms with van der Waals surface area (Å²) in [6.07, 6.45) is 0. The van der Waals surface area contributed by atoms with Crippen LogP contribution in [0.4, 0.5) is 0 Å². The number of hydrogen-bond acceptors (Lipinski definition) is 5. The van der Waals surface area contributed by atoms with Crippen molar-refractivity contribution in [2.24, 2.45) is 10.7 Å². The molecule has 7 heteroatoms. The van der Waals surface area contributed by atoms with E-state index in [1.807, 2.05) is 0 Å². The van der Waals surface area contributed by atoms with Gasteiger partial charge in [-0.2, -0.15) is 0 Å². The number of thiophene rings is 2. The Kier molecular flexibility index (Phi) is 3.84. The van der Waals surface area contributed by atoms with Crippen LogP contribution in [0.3, 0.4) is 0 Å². The zero-order valence-electron chi connectivity index (χ0n) is 9.85. The van der Waals surface area contributed by atoms with Crippen LogP contribution >= 0.6 is 50.2 Å². The lowest BCUT2D eigenvalue weighted by Crippen LogP contribution is -2.35. The van der Waals surface area contributed by atoms with Gasteiger partial charge in [0, 0.05) is 14.2 Å². The number of rotatable bonds is 3. The number of halogens is 2. The molecule has 3 nitrogen and oxygen atoms in total. The van der Waals surface area contributed by atoms with Gasteiger partial charge in [-0.1, -0.05) is 17.7 Å². The minimum Gasteiger partial charge on any atom is -0.370 e. The van der Waals surface area contributed by atoms with E-state index in [0.29, 0.717) is 12.5 Å². The summed E-state index contributed by atoms with van der Waals surface area (Å²) >= 11 is 12.9. The molecule has 0 aromatic carbocycles. The molecule has 2 N–H and O–H groups in total. The Labute approximate surface area is 132 Å². The van der Waals surface area contributed by atoms with Crippen molar-refractivity contribution in [1.29, 1.82) is 0 Å². The second-order valence-corrected chi connectivity index (χ2v) is 7.76. The average Bonchev–Trinajstić information content (AvgIpc) is 3.06. The van der Waals surface area contributed by atoms with Gasteiger partial charge in [-0.25, -0.2) is 0 Å². The highest BCUT2D eigenvalue weighted by molar-refractivity contribution is 9.10. The highest BCUT2D eigenvalue weighted by Gasteiger charge is 2.29. The van der Waals surface area contributed by atoms with Crippen LogP contribution in [0.25, 0.3) is 0 Å². The van der Waals surface area contributed by atoms with Crippen LogP contribution in [0.5, 0.6) is 0 Å². The van der Waals surface area contributed by atoms with Gasteiger partial charge in [-0.3, -0.25) is 4.99 Å². The standard InChI is InChI=1S/C12H11BrClN3S2/c13-8-4-10(19-11(8)14)9-5-16-12(15)17(9)6-7-2-1-3-18-7/h1-4,9H,5-6H2,(H2,15,16). The van der Waals surface area contributed by atoms with Crippen molar-refractivity contribution < 1.29 is 0 Å². The minimum atomic E-state index is 0.191. The zero-order chi connectivity index (χ0) is 13.4. The lowest BCUT2D eigenvalue weighted by atomic mass is 10.2. The molecule has 1 aliphatic heterocycles. The van der Waals surface area contributed by atoms with Crippen molar-refractivity contribution in [3.8, 4) is 0 Å². The lowest BCUT2D eigenvalue weighted by Gasteiger charge is -2.24. The molecule has 1 unspecified atom stereocenters. The molecule has 0 spiro atoms. The maximum Gasteiger partial charge on any atom is 0.192 e. The van der Waals surface area contributed by atoms with Crippen LogP contribution in [0.2, 0.25) is 4.34 Å². The van der Waals surface area contributed by atoms with Crippen LogP contribution < -0.4 is 5.73 Å². The molecule has 0 aliphatic carbocycles. The molecule has 19 heavy (non-hydrogen) atoms. The Bertz CT molecular complexity index is 589. The summed E-state index contributed by atoms with van der Waals surface area (Å²) in [5.74, 6) is 0.610. The molecule has 2 aromatic rings. The Balaban J connectivity index is 1.85. The first-order valence-electron chi connectivity index (χ1n) is 5.69. The summed E-state index contributed by atoms with van der Waals surface area (Å²) in [7, 11) is 0. The fraction of sp³-hybridized carbons (Fsp3) is 0.250. The summed E-state index contributed by atoms with van der Waals surface area (Å²) in [5.41, 5.74) is 6.01. The SMILES string of the molecule is NC1=NCC(c2cc(Br)c(Cl)s2)N1Cc1cccs1. The predicted molar refractivity (Wildman–Crippen MR) is 86.1 cm³/mol. The Hall–Kier alpha value is -0.560. The summed E-state index contributed by atoms with van der Waals surface area (Å²) in [6, 6.07) is 6.42. The molecule has 0 saturated carbocycles. The first-order valence-corrected chi connectivity index (χ1v) is 8.55. The third-order valence-corrected chi connectivity index (χ3v) is 6.43. The largest absolute Gasteiger partial charge is 0.370 e. The first kappa shape index (κ1) is 13.4. The molecule has 0 saturated heterocycles. The van der Waals surface area contributed by atoms with Gasteiger partial charge >= 0.3 is 0 Å². The lowest BCUT2D eigenvalue weighted by molar-refractivity contribution is 0.347. The van der Waals surface area contributed by atoms with Crippen molar-refractivity contribution in [3.05, 3.63) is 42.1 Å². The van der Waals surface area contributed by atoms with Crippen LogP contribution in [-0.4, -0.2) is 17.4 Å². The Morgan fingerprint density at radius 1 is 1.58 bits per heavy atom. The van der Waals surface area contributed by atoms with Gasteiger partial charge in [0.1, 0.15) is 4.34 Å². The van der Waals surface area contributed by atoms with Crippen molar-refractivity contribution in [2.45, 2.75) is 12.6 Å². The predicted octanol–water partition coefficient (Wildman–Crippen LogP) is 4.10. The topological polar surface area (TPSA) is 41.6 Å². The normalized spacial score (nSPS) is 18.9. The molecule has 100 valence electrons. The third kappa shape index (κ3) is 2.67. The fourth-order valence-electron chi connectivity index (χ4n) is 2.06. The third-order valence-electron chi connectivity index (χ3n) is 3.00. The van der Waals surface area contributed by atoms with E-state index in [0.717, 1.165) is 15.4 Å². The van der Waals surface area contributed by atoms with E-state index in [9.17, 15) is 0 Å². The minimum absolute atomic E-state index is 0.191. The molecular formula is C12H11BrClN3S2. The van der Waals surface area contributed by atoms with Crippen molar-refractivity contribution in [2.75, 3.05) is 6.54 Å². The molecular weight excluding hydrogens is 366 g/mol. The van der Waals surface area contributed by atoms with Gasteiger partial charge in [0.05, 0.1) is 19.1 Å². The van der Waals surface area contributed by atoms with Crippen LogP contribution in [0.1, 0.15) is 15.8 Å².